The van der Waals surface area contributed by atoms with Crippen LogP contribution in [0.4, 0.5) is 0 Å². The molecular formula is C15H29IN4O2S. The van der Waals surface area contributed by atoms with E-state index in [1.807, 2.05) is 6.92 Å². The number of aromatic nitrogens is 1. The van der Waals surface area contributed by atoms with E-state index in [2.05, 4.69) is 26.0 Å². The minimum atomic E-state index is 0. The highest BCUT2D eigenvalue weighted by atomic mass is 127. The Balaban J connectivity index is 0.00000484. The fourth-order valence-electron chi connectivity index (χ4n) is 1.81. The van der Waals surface area contributed by atoms with Gasteiger partial charge in [0.15, 0.2) is 5.96 Å². The average molecular weight is 456 g/mol. The number of thiazole rings is 1. The molecule has 0 unspecified atom stereocenters. The molecule has 1 rings (SSSR count). The smallest absolute Gasteiger partial charge is 0.190 e. The van der Waals surface area contributed by atoms with E-state index in [0.29, 0.717) is 13.2 Å². The molecule has 6 nitrogen and oxygen atoms in total. The van der Waals surface area contributed by atoms with Gasteiger partial charge in [0.05, 0.1) is 18.2 Å². The fourth-order valence-corrected chi connectivity index (χ4v) is 2.63. The predicted octanol–water partition coefficient (Wildman–Crippen LogP) is 2.22. The van der Waals surface area contributed by atoms with Crippen molar-refractivity contribution in [2.24, 2.45) is 4.99 Å². The Hall–Kier alpha value is -0.450. The minimum Gasteiger partial charge on any atom is -0.382 e. The highest BCUT2D eigenvalue weighted by Crippen LogP contribution is 2.10. The lowest BCUT2D eigenvalue weighted by molar-refractivity contribution is 0.0698. The Bertz CT molecular complexity index is 429. The zero-order valence-corrected chi connectivity index (χ0v) is 17.4. The number of aryl methyl sites for hydroxylation is 2. The van der Waals surface area contributed by atoms with Gasteiger partial charge in [0, 0.05) is 51.3 Å². The van der Waals surface area contributed by atoms with Crippen LogP contribution in [0.5, 0.6) is 0 Å². The highest BCUT2D eigenvalue weighted by molar-refractivity contribution is 14.0. The summed E-state index contributed by atoms with van der Waals surface area (Å²) >= 11 is 1.73. The van der Waals surface area contributed by atoms with E-state index in [0.717, 1.165) is 50.6 Å². The van der Waals surface area contributed by atoms with Gasteiger partial charge in [-0.05, 0) is 19.8 Å². The van der Waals surface area contributed by atoms with Gasteiger partial charge in [0.2, 0.25) is 0 Å². The first-order chi connectivity index (χ1) is 10.8. The number of hydrogen-bond donors (Lipinski definition) is 2. The second-order valence-corrected chi connectivity index (χ2v) is 5.81. The van der Waals surface area contributed by atoms with E-state index < -0.39 is 0 Å². The lowest BCUT2D eigenvalue weighted by Crippen LogP contribution is -2.38. The third-order valence-electron chi connectivity index (χ3n) is 2.94. The van der Waals surface area contributed by atoms with Crippen molar-refractivity contribution in [3.63, 3.8) is 0 Å². The Morgan fingerprint density at radius 3 is 2.57 bits per heavy atom. The van der Waals surface area contributed by atoms with Crippen molar-refractivity contribution in [3.05, 3.63) is 16.1 Å². The van der Waals surface area contributed by atoms with Crippen LogP contribution in [-0.2, 0) is 15.9 Å². The van der Waals surface area contributed by atoms with Gasteiger partial charge in [0.25, 0.3) is 0 Å². The molecule has 1 aromatic rings. The normalized spacial score (nSPS) is 11.2. The van der Waals surface area contributed by atoms with Crippen LogP contribution in [0.1, 0.15) is 23.5 Å². The van der Waals surface area contributed by atoms with Crippen molar-refractivity contribution in [2.45, 2.75) is 26.2 Å². The average Bonchev–Trinajstić information content (AvgIpc) is 2.94. The van der Waals surface area contributed by atoms with Crippen LogP contribution in [0.15, 0.2) is 10.4 Å². The fraction of sp³-hybridized carbons (Fsp3) is 0.733. The molecule has 8 heteroatoms. The van der Waals surface area contributed by atoms with Crippen molar-refractivity contribution in [1.29, 1.82) is 0 Å². The zero-order chi connectivity index (χ0) is 16.0. The molecule has 0 aliphatic heterocycles. The molecule has 0 spiro atoms. The van der Waals surface area contributed by atoms with Gasteiger partial charge in [-0.15, -0.1) is 35.3 Å². The van der Waals surface area contributed by atoms with Crippen LogP contribution in [0.3, 0.4) is 0 Å². The predicted molar refractivity (Wildman–Crippen MR) is 107 cm³/mol. The number of halogens is 1. The summed E-state index contributed by atoms with van der Waals surface area (Å²) < 4.78 is 10.3. The SMILES string of the molecule is CN=C(NCCCOCCOC)NCCCc1nc(C)cs1.I. The van der Waals surface area contributed by atoms with E-state index in [1.54, 1.807) is 25.5 Å². The summed E-state index contributed by atoms with van der Waals surface area (Å²) in [5, 5.41) is 9.89. The lowest BCUT2D eigenvalue weighted by atomic mass is 10.3. The maximum Gasteiger partial charge on any atom is 0.190 e. The van der Waals surface area contributed by atoms with Gasteiger partial charge in [-0.3, -0.25) is 4.99 Å². The summed E-state index contributed by atoms with van der Waals surface area (Å²) in [5.74, 6) is 0.840. The Morgan fingerprint density at radius 2 is 1.96 bits per heavy atom. The molecule has 0 bridgehead atoms. The maximum absolute atomic E-state index is 5.41. The number of hydrogen-bond acceptors (Lipinski definition) is 5. The molecule has 0 aliphatic rings. The van der Waals surface area contributed by atoms with Crippen LogP contribution >= 0.6 is 35.3 Å². The summed E-state index contributed by atoms with van der Waals surface area (Å²) in [7, 11) is 3.46. The molecule has 134 valence electrons. The molecule has 0 amide bonds. The summed E-state index contributed by atoms with van der Waals surface area (Å²) in [6.45, 7) is 5.80. The van der Waals surface area contributed by atoms with Gasteiger partial charge in [-0.1, -0.05) is 0 Å². The van der Waals surface area contributed by atoms with Crippen LogP contribution in [0, 0.1) is 6.92 Å². The van der Waals surface area contributed by atoms with Crippen molar-refractivity contribution >= 4 is 41.3 Å². The first kappa shape index (κ1) is 22.6. The Kier molecular flexibility index (Phi) is 14.8. The monoisotopic (exact) mass is 456 g/mol. The molecule has 2 N–H and O–H groups in total. The Labute approximate surface area is 160 Å². The van der Waals surface area contributed by atoms with Gasteiger partial charge >= 0.3 is 0 Å². The minimum absolute atomic E-state index is 0. The molecule has 0 saturated heterocycles. The van der Waals surface area contributed by atoms with Crippen molar-refractivity contribution in [1.82, 2.24) is 15.6 Å². The summed E-state index contributed by atoms with van der Waals surface area (Å²) in [4.78, 5) is 8.67. The summed E-state index contributed by atoms with van der Waals surface area (Å²) in [6, 6.07) is 0. The van der Waals surface area contributed by atoms with Gasteiger partial charge in [-0.25, -0.2) is 4.98 Å². The van der Waals surface area contributed by atoms with Gasteiger partial charge in [0.1, 0.15) is 0 Å². The standard InChI is InChI=1S/C15H28N4O2S.HI/c1-13-12-22-14(19-13)6-4-7-17-15(16-2)18-8-5-9-21-11-10-20-3;/h12H,4-11H2,1-3H3,(H2,16,17,18);1H. The third-order valence-corrected chi connectivity index (χ3v) is 3.97. The Morgan fingerprint density at radius 1 is 1.22 bits per heavy atom. The zero-order valence-electron chi connectivity index (χ0n) is 14.3. The molecule has 23 heavy (non-hydrogen) atoms. The second-order valence-electron chi connectivity index (χ2n) is 4.87. The van der Waals surface area contributed by atoms with Crippen LogP contribution < -0.4 is 10.6 Å². The van der Waals surface area contributed by atoms with Crippen molar-refractivity contribution in [2.75, 3.05) is 47.1 Å². The maximum atomic E-state index is 5.41. The molecular weight excluding hydrogens is 427 g/mol. The van der Waals surface area contributed by atoms with Gasteiger partial charge < -0.3 is 20.1 Å². The van der Waals surface area contributed by atoms with Crippen LogP contribution in [-0.4, -0.2) is 58.0 Å². The molecule has 1 aromatic heterocycles. The number of aliphatic imine (C=N–C) groups is 1. The van der Waals surface area contributed by atoms with Crippen molar-refractivity contribution in [3.8, 4) is 0 Å². The topological polar surface area (TPSA) is 67.8 Å². The van der Waals surface area contributed by atoms with Crippen molar-refractivity contribution < 1.29 is 9.47 Å². The molecule has 0 atom stereocenters. The summed E-state index contributed by atoms with van der Waals surface area (Å²) in [5.41, 5.74) is 1.11. The molecule has 0 radical (unpaired) electrons. The van der Waals surface area contributed by atoms with Gasteiger partial charge in [-0.2, -0.15) is 0 Å². The molecule has 0 aromatic carbocycles. The molecule has 0 saturated carbocycles. The molecule has 1 heterocycles. The third kappa shape index (κ3) is 11.7. The largest absolute Gasteiger partial charge is 0.382 e. The number of nitrogens with zero attached hydrogens (tertiary/aromatic N) is 2. The summed E-state index contributed by atoms with van der Waals surface area (Å²) in [6.07, 6.45) is 3.01. The van der Waals surface area contributed by atoms with Crippen LogP contribution in [0.2, 0.25) is 0 Å². The second kappa shape index (κ2) is 15.1. The first-order valence-electron chi connectivity index (χ1n) is 7.68. The quantitative estimate of drug-likeness (QED) is 0.231. The number of methoxy groups -OCH3 is 1. The number of rotatable bonds is 11. The van der Waals surface area contributed by atoms with E-state index in [-0.39, 0.29) is 24.0 Å². The van der Waals surface area contributed by atoms with E-state index >= 15 is 0 Å². The molecule has 0 aliphatic carbocycles. The van der Waals surface area contributed by atoms with Crippen LogP contribution in [0.25, 0.3) is 0 Å². The number of guanidine groups is 1. The van der Waals surface area contributed by atoms with E-state index in [9.17, 15) is 0 Å². The van der Waals surface area contributed by atoms with E-state index in [4.69, 9.17) is 9.47 Å². The van der Waals surface area contributed by atoms with E-state index in [1.165, 1.54) is 5.01 Å². The number of ether oxygens (including phenoxy) is 2. The first-order valence-corrected chi connectivity index (χ1v) is 8.56. The lowest BCUT2D eigenvalue weighted by Gasteiger charge is -2.11. The molecule has 0 fully saturated rings. The number of nitrogens with one attached hydrogen (secondary N) is 2. The highest BCUT2D eigenvalue weighted by Gasteiger charge is 2.00.